The van der Waals surface area contributed by atoms with Crippen molar-refractivity contribution in [2.75, 3.05) is 6.54 Å². The van der Waals surface area contributed by atoms with Crippen molar-refractivity contribution in [3.63, 3.8) is 0 Å². The molecule has 1 N–H and O–H groups in total. The molecule has 4 heteroatoms. The summed E-state index contributed by atoms with van der Waals surface area (Å²) in [5, 5.41) is 3.13. The van der Waals surface area contributed by atoms with Crippen molar-refractivity contribution in [1.82, 2.24) is 10.3 Å². The zero-order chi connectivity index (χ0) is 10.7. The van der Waals surface area contributed by atoms with Crippen LogP contribution < -0.4 is 10.1 Å². The van der Waals surface area contributed by atoms with Crippen LogP contribution in [0.3, 0.4) is 0 Å². The van der Waals surface area contributed by atoms with Crippen LogP contribution in [0.1, 0.15) is 13.3 Å². The van der Waals surface area contributed by atoms with E-state index >= 15 is 0 Å². The van der Waals surface area contributed by atoms with Gasteiger partial charge in [-0.15, -0.1) is 0 Å². The van der Waals surface area contributed by atoms with Crippen LogP contribution in [0, 0.1) is 0 Å². The molecule has 0 unspecified atom stereocenters. The molecule has 2 rings (SSSR count). The second kappa shape index (κ2) is 4.40. The van der Waals surface area contributed by atoms with Gasteiger partial charge in [0.1, 0.15) is 17.6 Å². The largest absolute Gasteiger partial charge is 0.487 e. The number of aromatic nitrogens is 1. The van der Waals surface area contributed by atoms with E-state index < -0.39 is 0 Å². The molecule has 80 valence electrons. The molecule has 0 aromatic carbocycles. The number of carbonyl (C=O) groups is 1. The summed E-state index contributed by atoms with van der Waals surface area (Å²) in [5.41, 5.74) is 0. The number of rotatable bonds is 3. The lowest BCUT2D eigenvalue weighted by Gasteiger charge is -2.11. The summed E-state index contributed by atoms with van der Waals surface area (Å²) in [4.78, 5) is 15.1. The van der Waals surface area contributed by atoms with Gasteiger partial charge >= 0.3 is 0 Å². The highest BCUT2D eigenvalue weighted by atomic mass is 16.5. The Morgan fingerprint density at radius 3 is 3.13 bits per heavy atom. The third-order valence-electron chi connectivity index (χ3n) is 2.52. The molecule has 0 spiro atoms. The Bertz CT molecular complexity index is 340. The van der Waals surface area contributed by atoms with E-state index in [2.05, 4.69) is 10.3 Å². The molecule has 2 heterocycles. The summed E-state index contributed by atoms with van der Waals surface area (Å²) in [6.45, 7) is 2.32. The molecule has 0 radical (unpaired) electrons. The minimum Gasteiger partial charge on any atom is -0.487 e. The van der Waals surface area contributed by atoms with Crippen molar-refractivity contribution in [1.29, 1.82) is 0 Å². The highest BCUT2D eigenvalue weighted by molar-refractivity contribution is 5.81. The van der Waals surface area contributed by atoms with Gasteiger partial charge in [0.25, 0.3) is 0 Å². The molecule has 1 aromatic rings. The van der Waals surface area contributed by atoms with Crippen LogP contribution in [-0.4, -0.2) is 29.5 Å². The van der Waals surface area contributed by atoms with Gasteiger partial charge in [0.15, 0.2) is 0 Å². The topological polar surface area (TPSA) is 51.2 Å². The van der Waals surface area contributed by atoms with E-state index in [4.69, 9.17) is 4.74 Å². The van der Waals surface area contributed by atoms with E-state index in [0.717, 1.165) is 18.7 Å². The Labute approximate surface area is 88.7 Å². The monoisotopic (exact) mass is 206 g/mol. The zero-order valence-electron chi connectivity index (χ0n) is 8.64. The molecule has 1 aliphatic rings. The summed E-state index contributed by atoms with van der Waals surface area (Å²) < 4.78 is 5.68. The second-order valence-electron chi connectivity index (χ2n) is 3.74. The number of carbonyl (C=O) groups excluding carboxylic acids is 1. The van der Waals surface area contributed by atoms with E-state index in [1.54, 1.807) is 19.3 Å². The Balaban J connectivity index is 1.90. The number of hydrogen-bond acceptors (Lipinski definition) is 4. The first-order valence-electron chi connectivity index (χ1n) is 5.06. The average Bonchev–Trinajstić information content (AvgIpc) is 2.68. The van der Waals surface area contributed by atoms with E-state index in [-0.39, 0.29) is 17.9 Å². The van der Waals surface area contributed by atoms with Crippen molar-refractivity contribution < 1.29 is 9.53 Å². The Morgan fingerprint density at radius 2 is 2.53 bits per heavy atom. The van der Waals surface area contributed by atoms with Gasteiger partial charge in [0.05, 0.1) is 12.2 Å². The molecule has 4 nitrogen and oxygen atoms in total. The van der Waals surface area contributed by atoms with Gasteiger partial charge in [-0.25, -0.2) is 0 Å². The fourth-order valence-electron chi connectivity index (χ4n) is 1.71. The molecule has 0 saturated carbocycles. The van der Waals surface area contributed by atoms with E-state index in [9.17, 15) is 4.79 Å². The molecule has 2 atom stereocenters. The van der Waals surface area contributed by atoms with Gasteiger partial charge in [-0.2, -0.15) is 0 Å². The normalized spacial score (nSPS) is 25.1. The van der Waals surface area contributed by atoms with Crippen molar-refractivity contribution in [2.45, 2.75) is 25.5 Å². The van der Waals surface area contributed by atoms with Gasteiger partial charge in [-0.05, 0) is 19.1 Å². The van der Waals surface area contributed by atoms with E-state index in [1.807, 2.05) is 12.1 Å². The molecule has 15 heavy (non-hydrogen) atoms. The van der Waals surface area contributed by atoms with Crippen LogP contribution >= 0.6 is 0 Å². The maximum Gasteiger partial charge on any atom is 0.146 e. The van der Waals surface area contributed by atoms with Crippen LogP contribution in [0.4, 0.5) is 0 Å². The van der Waals surface area contributed by atoms with E-state index in [0.29, 0.717) is 0 Å². The third-order valence-corrected chi connectivity index (χ3v) is 2.52. The van der Waals surface area contributed by atoms with E-state index in [1.165, 1.54) is 0 Å². The molecule has 1 fully saturated rings. The Kier molecular flexibility index (Phi) is 2.97. The van der Waals surface area contributed by atoms with Crippen LogP contribution in [0.25, 0.3) is 0 Å². The Hall–Kier alpha value is -1.42. The van der Waals surface area contributed by atoms with Crippen molar-refractivity contribution in [2.24, 2.45) is 0 Å². The quantitative estimate of drug-likeness (QED) is 0.794. The highest BCUT2D eigenvalue weighted by Gasteiger charge is 2.28. The molecule has 1 saturated heterocycles. The maximum absolute atomic E-state index is 11.1. The predicted octanol–water partition coefficient (Wildman–Crippen LogP) is 0.780. The van der Waals surface area contributed by atoms with Crippen molar-refractivity contribution in [3.8, 4) is 5.75 Å². The first-order valence-corrected chi connectivity index (χ1v) is 5.06. The second-order valence-corrected chi connectivity index (χ2v) is 3.74. The zero-order valence-corrected chi connectivity index (χ0v) is 8.64. The van der Waals surface area contributed by atoms with Gasteiger partial charge in [-0.3, -0.25) is 9.78 Å². The first kappa shape index (κ1) is 10.1. The summed E-state index contributed by atoms with van der Waals surface area (Å²) in [5.74, 6) is 0.931. The van der Waals surface area contributed by atoms with Crippen LogP contribution in [0.2, 0.25) is 0 Å². The number of nitrogens with zero attached hydrogens (tertiary/aromatic N) is 1. The van der Waals surface area contributed by atoms with Crippen molar-refractivity contribution >= 4 is 5.78 Å². The number of ether oxygens (including phenoxy) is 1. The molecule has 1 aliphatic heterocycles. The molecule has 1 aromatic heterocycles. The number of nitrogens with one attached hydrogen (secondary N) is 1. The minimum atomic E-state index is -0.0494. The van der Waals surface area contributed by atoms with Gasteiger partial charge in [0, 0.05) is 19.2 Å². The lowest BCUT2D eigenvalue weighted by molar-refractivity contribution is -0.118. The lowest BCUT2D eigenvalue weighted by atomic mass is 10.1. The van der Waals surface area contributed by atoms with Crippen LogP contribution in [-0.2, 0) is 4.79 Å². The highest BCUT2D eigenvalue weighted by Crippen LogP contribution is 2.15. The number of hydrogen-bond donors (Lipinski definition) is 1. The molecular weight excluding hydrogens is 192 g/mol. The summed E-state index contributed by atoms with van der Waals surface area (Å²) in [7, 11) is 0. The lowest BCUT2D eigenvalue weighted by Crippen LogP contribution is -2.28. The Morgan fingerprint density at radius 1 is 1.67 bits per heavy atom. The number of ketones is 1. The van der Waals surface area contributed by atoms with Crippen molar-refractivity contribution in [3.05, 3.63) is 24.5 Å². The maximum atomic E-state index is 11.1. The third kappa shape index (κ3) is 2.53. The fraction of sp³-hybridized carbons (Fsp3) is 0.455. The first-order chi connectivity index (χ1) is 7.25. The molecule has 0 aliphatic carbocycles. The molecular formula is C11H14N2O2. The average molecular weight is 206 g/mol. The van der Waals surface area contributed by atoms with Gasteiger partial charge in [-0.1, -0.05) is 0 Å². The predicted molar refractivity (Wildman–Crippen MR) is 55.7 cm³/mol. The minimum absolute atomic E-state index is 0.0494. The smallest absolute Gasteiger partial charge is 0.146 e. The standard InChI is InChI=1S/C11H14N2O2/c1-8(14)11-5-10(7-13-11)15-9-3-2-4-12-6-9/h2-4,6,10-11,13H,5,7H2,1H3/t10-,11-/m0/s1. The SMILES string of the molecule is CC(=O)[C@@H]1C[C@H](Oc2cccnc2)CN1. The molecule has 0 bridgehead atoms. The molecule has 0 amide bonds. The van der Waals surface area contributed by atoms with Gasteiger partial charge < -0.3 is 10.1 Å². The number of Topliss-reactive ketones (excluding diaryl/α,β-unsaturated/α-hetero) is 1. The van der Waals surface area contributed by atoms with Crippen LogP contribution in [0.15, 0.2) is 24.5 Å². The summed E-state index contributed by atoms with van der Waals surface area (Å²) >= 11 is 0. The summed E-state index contributed by atoms with van der Waals surface area (Å²) in [6.07, 6.45) is 4.20. The fourth-order valence-corrected chi connectivity index (χ4v) is 1.71. The number of pyridine rings is 1. The summed E-state index contributed by atoms with van der Waals surface area (Å²) in [6, 6.07) is 3.65. The van der Waals surface area contributed by atoms with Gasteiger partial charge in [0.2, 0.25) is 0 Å². The van der Waals surface area contributed by atoms with Crippen LogP contribution in [0.5, 0.6) is 5.75 Å².